The number of alkyl carbamates (subject to hydrolysis) is 1. The van der Waals surface area contributed by atoms with Gasteiger partial charge in [-0.1, -0.05) is 48.5 Å². The quantitative estimate of drug-likeness (QED) is 0.406. The van der Waals surface area contributed by atoms with Crippen molar-refractivity contribution in [2.24, 2.45) is 17.3 Å². The number of rotatable bonds is 8. The maximum atomic E-state index is 12.8. The van der Waals surface area contributed by atoms with Gasteiger partial charge in [0, 0.05) is 6.54 Å². The van der Waals surface area contributed by atoms with Crippen LogP contribution >= 0.6 is 0 Å². The van der Waals surface area contributed by atoms with Crippen LogP contribution in [0.5, 0.6) is 0 Å². The molecule has 3 unspecified atom stereocenters. The van der Waals surface area contributed by atoms with Gasteiger partial charge in [0.2, 0.25) is 17.6 Å². The van der Waals surface area contributed by atoms with E-state index in [1.807, 2.05) is 20.8 Å². The maximum absolute atomic E-state index is 12.8. The predicted octanol–water partition coefficient (Wildman–Crippen LogP) is 0.108. The molecule has 0 radical (unpaired) electrons. The van der Waals surface area contributed by atoms with Crippen LogP contribution in [0.4, 0.5) is 4.79 Å². The van der Waals surface area contributed by atoms with Gasteiger partial charge < -0.3 is 26.0 Å². The maximum Gasteiger partial charge on any atom is 0.407 e. The van der Waals surface area contributed by atoms with Crippen LogP contribution in [0.3, 0.4) is 0 Å². The van der Waals surface area contributed by atoms with Gasteiger partial charge >= 0.3 is 6.09 Å². The van der Waals surface area contributed by atoms with Crippen molar-refractivity contribution in [3.05, 3.63) is 0 Å². The summed E-state index contributed by atoms with van der Waals surface area (Å²) in [6.45, 7) is 12.9. The van der Waals surface area contributed by atoms with Crippen LogP contribution in [0.2, 0.25) is 0 Å². The molecule has 0 spiro atoms. The Morgan fingerprint density at radius 2 is 1.53 bits per heavy atom. The Hall–Kier alpha value is -2.65. The molecule has 0 bridgehead atoms. The lowest BCUT2D eigenvalue weighted by atomic mass is 9.99. The Balaban J connectivity index is 2.78. The molecule has 1 fully saturated rings. The molecule has 0 aromatic heterocycles. The van der Waals surface area contributed by atoms with Crippen molar-refractivity contribution in [1.82, 2.24) is 21.3 Å². The monoisotopic (exact) mass is 426 g/mol. The molecule has 0 aliphatic carbocycles. The van der Waals surface area contributed by atoms with Crippen molar-refractivity contribution in [1.29, 1.82) is 0 Å². The van der Waals surface area contributed by atoms with E-state index in [-0.39, 0.29) is 30.4 Å². The van der Waals surface area contributed by atoms with E-state index in [2.05, 4.69) is 21.3 Å². The normalized spacial score (nSPS) is 18.6. The molecule has 1 heterocycles. The number of Topliss-reactive ketones (excluding diaryl/α,β-unsaturated/α-hetero) is 1. The molecule has 4 amide bonds. The summed E-state index contributed by atoms with van der Waals surface area (Å²) in [7, 11) is 0. The van der Waals surface area contributed by atoms with Crippen LogP contribution in [0, 0.1) is 17.3 Å². The second kappa shape index (κ2) is 10.4. The first-order chi connectivity index (χ1) is 13.7. The molecule has 3 atom stereocenters. The SMILES string of the molecule is CC(C)C(NC(=O)OCC(C)(C)C)C(=O)NC(C(=O)NC1CNC(=O)C1=O)C(C)C. The summed E-state index contributed by atoms with van der Waals surface area (Å²) in [6.07, 6.45) is -0.717. The van der Waals surface area contributed by atoms with Crippen LogP contribution < -0.4 is 21.3 Å². The minimum absolute atomic E-state index is 0.0119. The number of ether oxygens (including phenoxy) is 1. The van der Waals surface area contributed by atoms with Crippen LogP contribution in [0.15, 0.2) is 0 Å². The molecule has 0 aromatic carbocycles. The summed E-state index contributed by atoms with van der Waals surface area (Å²) in [5.41, 5.74) is -0.221. The molecule has 170 valence electrons. The summed E-state index contributed by atoms with van der Waals surface area (Å²) < 4.78 is 5.16. The zero-order valence-corrected chi connectivity index (χ0v) is 18.8. The fourth-order valence-electron chi connectivity index (χ4n) is 2.67. The van der Waals surface area contributed by atoms with Gasteiger partial charge in [-0.3, -0.25) is 19.2 Å². The van der Waals surface area contributed by atoms with Crippen LogP contribution in [0.1, 0.15) is 48.5 Å². The van der Waals surface area contributed by atoms with Crippen molar-refractivity contribution in [2.45, 2.75) is 66.6 Å². The van der Waals surface area contributed by atoms with Crippen LogP contribution in [-0.4, -0.2) is 60.9 Å². The number of ketones is 1. The fraction of sp³-hybridized carbons (Fsp3) is 0.750. The van der Waals surface area contributed by atoms with E-state index in [4.69, 9.17) is 4.74 Å². The Labute approximate surface area is 177 Å². The Kier molecular flexibility index (Phi) is 8.80. The summed E-state index contributed by atoms with van der Waals surface area (Å²) in [4.78, 5) is 60.5. The van der Waals surface area contributed by atoms with Gasteiger partial charge in [-0.2, -0.15) is 0 Å². The van der Waals surface area contributed by atoms with Gasteiger partial charge in [0.05, 0.1) is 6.61 Å². The van der Waals surface area contributed by atoms with E-state index in [1.54, 1.807) is 27.7 Å². The van der Waals surface area contributed by atoms with Crippen LogP contribution in [0.25, 0.3) is 0 Å². The van der Waals surface area contributed by atoms with E-state index in [0.717, 1.165) is 0 Å². The second-order valence-electron chi connectivity index (χ2n) is 9.37. The van der Waals surface area contributed by atoms with Gasteiger partial charge in [-0.05, 0) is 17.3 Å². The lowest BCUT2D eigenvalue weighted by Crippen LogP contribution is -2.58. The van der Waals surface area contributed by atoms with Crippen molar-refractivity contribution in [2.75, 3.05) is 13.2 Å². The molecular weight excluding hydrogens is 392 g/mol. The second-order valence-corrected chi connectivity index (χ2v) is 9.37. The Morgan fingerprint density at radius 3 is 1.97 bits per heavy atom. The number of carbonyl (C=O) groups excluding carboxylic acids is 5. The number of hydrogen-bond donors (Lipinski definition) is 4. The van der Waals surface area contributed by atoms with Gasteiger partial charge in [-0.25, -0.2) is 4.79 Å². The lowest BCUT2D eigenvalue weighted by molar-refractivity contribution is -0.137. The Morgan fingerprint density at radius 1 is 1.00 bits per heavy atom. The minimum atomic E-state index is -0.963. The average Bonchev–Trinajstić information content (AvgIpc) is 2.93. The third-order valence-corrected chi connectivity index (χ3v) is 4.43. The third-order valence-electron chi connectivity index (χ3n) is 4.43. The molecule has 1 aliphatic heterocycles. The van der Waals surface area contributed by atoms with E-state index >= 15 is 0 Å². The van der Waals surface area contributed by atoms with Crippen LogP contribution in [-0.2, 0) is 23.9 Å². The predicted molar refractivity (Wildman–Crippen MR) is 109 cm³/mol. The highest BCUT2D eigenvalue weighted by molar-refractivity contribution is 6.40. The first kappa shape index (κ1) is 25.4. The van der Waals surface area contributed by atoms with Gasteiger partial charge in [0.25, 0.3) is 5.91 Å². The Bertz CT molecular complexity index is 683. The molecule has 1 rings (SSSR count). The highest BCUT2D eigenvalue weighted by Crippen LogP contribution is 2.13. The molecule has 1 aliphatic rings. The summed E-state index contributed by atoms with van der Waals surface area (Å²) in [5.74, 6) is -3.15. The van der Waals surface area contributed by atoms with Gasteiger partial charge in [-0.15, -0.1) is 0 Å². The van der Waals surface area contributed by atoms with Crippen molar-refractivity contribution < 1.29 is 28.7 Å². The minimum Gasteiger partial charge on any atom is -0.449 e. The number of hydrogen-bond acceptors (Lipinski definition) is 6. The molecule has 0 aromatic rings. The zero-order valence-electron chi connectivity index (χ0n) is 18.8. The smallest absolute Gasteiger partial charge is 0.407 e. The first-order valence-corrected chi connectivity index (χ1v) is 10.1. The summed E-state index contributed by atoms with van der Waals surface area (Å²) in [6, 6.07) is -2.83. The molecule has 10 heteroatoms. The molecule has 4 N–H and O–H groups in total. The molecular formula is C20H34N4O6. The van der Waals surface area contributed by atoms with Gasteiger partial charge in [0.1, 0.15) is 18.1 Å². The van der Waals surface area contributed by atoms with E-state index in [0.29, 0.717) is 0 Å². The lowest BCUT2D eigenvalue weighted by Gasteiger charge is -2.27. The molecule has 1 saturated heterocycles. The summed E-state index contributed by atoms with van der Waals surface area (Å²) in [5, 5.41) is 10.0. The standard InChI is InChI=1S/C20H34N4O6/c1-10(2)13(16(26)22-12-8-21-18(28)15(12)25)23-17(27)14(11(3)4)24-19(29)30-9-20(5,6)7/h10-14H,8-9H2,1-7H3,(H,21,28)(H,22,26)(H,23,27)(H,24,29). The largest absolute Gasteiger partial charge is 0.449 e. The number of nitrogens with one attached hydrogen (secondary N) is 4. The molecule has 30 heavy (non-hydrogen) atoms. The topological polar surface area (TPSA) is 143 Å². The fourth-order valence-corrected chi connectivity index (χ4v) is 2.67. The highest BCUT2D eigenvalue weighted by Gasteiger charge is 2.36. The highest BCUT2D eigenvalue weighted by atomic mass is 16.5. The van der Waals surface area contributed by atoms with Crippen molar-refractivity contribution >= 4 is 29.6 Å². The molecule has 0 saturated carbocycles. The van der Waals surface area contributed by atoms with E-state index in [9.17, 15) is 24.0 Å². The zero-order chi connectivity index (χ0) is 23.2. The van der Waals surface area contributed by atoms with Crippen molar-refractivity contribution in [3.8, 4) is 0 Å². The van der Waals surface area contributed by atoms with Crippen molar-refractivity contribution in [3.63, 3.8) is 0 Å². The van der Waals surface area contributed by atoms with E-state index < -0.39 is 47.7 Å². The van der Waals surface area contributed by atoms with E-state index in [1.165, 1.54) is 0 Å². The number of amides is 4. The third kappa shape index (κ3) is 7.64. The first-order valence-electron chi connectivity index (χ1n) is 10.1. The summed E-state index contributed by atoms with van der Waals surface area (Å²) >= 11 is 0. The van der Waals surface area contributed by atoms with Gasteiger partial charge in [0.15, 0.2) is 0 Å². The average molecular weight is 427 g/mol. The number of carbonyl (C=O) groups is 5. The molecule has 10 nitrogen and oxygen atoms in total.